The van der Waals surface area contributed by atoms with Gasteiger partial charge in [-0.2, -0.15) is 8.42 Å². The zero-order chi connectivity index (χ0) is 11.5. The molecule has 0 heterocycles. The summed E-state index contributed by atoms with van der Waals surface area (Å²) in [5.41, 5.74) is 6.14. The third kappa shape index (κ3) is 2.95. The van der Waals surface area contributed by atoms with Gasteiger partial charge in [0.25, 0.3) is 16.0 Å². The first-order chi connectivity index (χ1) is 6.95. The van der Waals surface area contributed by atoms with Crippen LogP contribution in [0.1, 0.15) is 5.56 Å². The molecule has 0 spiro atoms. The van der Waals surface area contributed by atoms with E-state index in [4.69, 9.17) is 5.73 Å². The van der Waals surface area contributed by atoms with Crippen LogP contribution in [0.5, 0.6) is 0 Å². The molecule has 2 N–H and O–H groups in total. The monoisotopic (exact) mass is 228 g/mol. The molecule has 0 unspecified atom stereocenters. The van der Waals surface area contributed by atoms with Gasteiger partial charge in [0, 0.05) is 0 Å². The van der Waals surface area contributed by atoms with Crippen LogP contribution in [0.15, 0.2) is 33.6 Å². The molecule has 0 amide bonds. The molecule has 0 aromatic heterocycles. The number of sulfonamides is 1. The van der Waals surface area contributed by atoms with Crippen molar-refractivity contribution in [3.8, 4) is 0 Å². The fourth-order valence-electron chi connectivity index (χ4n) is 0.919. The summed E-state index contributed by atoms with van der Waals surface area (Å²) in [4.78, 5) is 0.0908. The number of aryl methyl sites for hydroxylation is 1. The summed E-state index contributed by atoms with van der Waals surface area (Å²) in [5, 5.41) is 0. The largest absolute Gasteiger partial charge is 0.468 e. The van der Waals surface area contributed by atoms with Gasteiger partial charge < -0.3 is 10.5 Å². The van der Waals surface area contributed by atoms with Crippen LogP contribution >= 0.6 is 0 Å². The molecule has 0 aliphatic heterocycles. The first-order valence-electron chi connectivity index (χ1n) is 4.17. The number of hydrogen-bond donors (Lipinski definition) is 1. The van der Waals surface area contributed by atoms with Crippen LogP contribution in [0.4, 0.5) is 0 Å². The van der Waals surface area contributed by atoms with Crippen molar-refractivity contribution < 1.29 is 13.2 Å². The average molecular weight is 228 g/mol. The van der Waals surface area contributed by atoms with E-state index in [-0.39, 0.29) is 10.9 Å². The van der Waals surface area contributed by atoms with E-state index < -0.39 is 10.0 Å². The van der Waals surface area contributed by atoms with Gasteiger partial charge in [-0.15, -0.1) is 4.40 Å². The number of amidine groups is 1. The molecule has 0 saturated carbocycles. The number of ether oxygens (including phenoxy) is 1. The van der Waals surface area contributed by atoms with Crippen molar-refractivity contribution in [1.82, 2.24) is 0 Å². The van der Waals surface area contributed by atoms with Gasteiger partial charge in [-0.05, 0) is 19.1 Å². The summed E-state index contributed by atoms with van der Waals surface area (Å²) in [6.45, 7) is 1.86. The minimum absolute atomic E-state index is 0.0908. The third-order valence-electron chi connectivity index (χ3n) is 1.74. The van der Waals surface area contributed by atoms with Gasteiger partial charge in [-0.1, -0.05) is 17.7 Å². The minimum Gasteiger partial charge on any atom is -0.468 e. The van der Waals surface area contributed by atoms with Crippen LogP contribution in [0.3, 0.4) is 0 Å². The van der Waals surface area contributed by atoms with Crippen molar-refractivity contribution in [3.05, 3.63) is 29.8 Å². The van der Waals surface area contributed by atoms with Crippen LogP contribution in [-0.2, 0) is 14.8 Å². The Balaban J connectivity index is 3.13. The second-order valence-corrected chi connectivity index (χ2v) is 4.53. The Morgan fingerprint density at radius 2 is 1.87 bits per heavy atom. The molecule has 0 aliphatic carbocycles. The first kappa shape index (κ1) is 11.5. The molecule has 1 aromatic rings. The molecule has 1 aromatic carbocycles. The van der Waals surface area contributed by atoms with Crippen molar-refractivity contribution in [1.29, 1.82) is 0 Å². The van der Waals surface area contributed by atoms with Gasteiger partial charge in [-0.25, -0.2) is 0 Å². The number of nitrogens with two attached hydrogens (primary N) is 1. The van der Waals surface area contributed by atoms with Crippen molar-refractivity contribution >= 4 is 16.0 Å². The van der Waals surface area contributed by atoms with Gasteiger partial charge in [-0.3, -0.25) is 0 Å². The van der Waals surface area contributed by atoms with Crippen molar-refractivity contribution in [2.45, 2.75) is 11.8 Å². The van der Waals surface area contributed by atoms with E-state index in [0.717, 1.165) is 5.56 Å². The minimum atomic E-state index is -3.75. The predicted molar refractivity (Wildman–Crippen MR) is 57.0 cm³/mol. The van der Waals surface area contributed by atoms with Gasteiger partial charge in [0.1, 0.15) is 0 Å². The molecule has 1 rings (SSSR count). The molecule has 15 heavy (non-hydrogen) atoms. The molecule has 6 heteroatoms. The van der Waals surface area contributed by atoms with Crippen molar-refractivity contribution in [2.24, 2.45) is 10.1 Å². The lowest BCUT2D eigenvalue weighted by molar-refractivity contribution is 0.397. The molecule has 0 fully saturated rings. The number of methoxy groups -OCH3 is 1. The summed E-state index contributed by atoms with van der Waals surface area (Å²) in [6.07, 6.45) is 0. The van der Waals surface area contributed by atoms with Gasteiger partial charge in [0.05, 0.1) is 12.0 Å². The molecule has 5 nitrogen and oxygen atoms in total. The Kier molecular flexibility index (Phi) is 3.31. The third-order valence-corrected chi connectivity index (χ3v) is 3.03. The maximum absolute atomic E-state index is 11.6. The zero-order valence-electron chi connectivity index (χ0n) is 8.47. The fraction of sp³-hybridized carbons (Fsp3) is 0.222. The molecule has 0 aliphatic rings. The Morgan fingerprint density at radius 1 is 1.33 bits per heavy atom. The van der Waals surface area contributed by atoms with Crippen LogP contribution in [0, 0.1) is 6.92 Å². The van der Waals surface area contributed by atoms with E-state index in [9.17, 15) is 8.42 Å². The zero-order valence-corrected chi connectivity index (χ0v) is 9.28. The highest BCUT2D eigenvalue weighted by atomic mass is 32.2. The number of hydrogen-bond acceptors (Lipinski definition) is 3. The van der Waals surface area contributed by atoms with Crippen LogP contribution in [0.2, 0.25) is 0 Å². The maximum atomic E-state index is 11.6. The van der Waals surface area contributed by atoms with Crippen LogP contribution in [0.25, 0.3) is 0 Å². The van der Waals surface area contributed by atoms with E-state index in [1.165, 1.54) is 19.2 Å². The summed E-state index contributed by atoms with van der Waals surface area (Å²) in [6, 6.07) is 5.93. The molecule has 82 valence electrons. The Morgan fingerprint density at radius 3 is 2.33 bits per heavy atom. The van der Waals surface area contributed by atoms with E-state index in [1.54, 1.807) is 12.1 Å². The first-order valence-corrected chi connectivity index (χ1v) is 5.61. The van der Waals surface area contributed by atoms with Gasteiger partial charge >= 0.3 is 0 Å². The Labute approximate surface area is 88.6 Å². The van der Waals surface area contributed by atoms with E-state index >= 15 is 0 Å². The number of nitrogens with zero attached hydrogens (tertiary/aromatic N) is 1. The summed E-state index contributed by atoms with van der Waals surface area (Å²) in [7, 11) is -2.50. The maximum Gasteiger partial charge on any atom is 0.297 e. The Bertz CT molecular complexity index is 463. The normalized spacial score (nSPS) is 12.5. The van der Waals surface area contributed by atoms with Gasteiger partial charge in [0.2, 0.25) is 0 Å². The summed E-state index contributed by atoms with van der Waals surface area (Å²) < 4.78 is 30.9. The molecule has 0 bridgehead atoms. The lowest BCUT2D eigenvalue weighted by Gasteiger charge is -2.00. The molecular weight excluding hydrogens is 216 g/mol. The second kappa shape index (κ2) is 4.31. The van der Waals surface area contributed by atoms with Crippen LogP contribution in [-0.4, -0.2) is 21.5 Å². The molecule has 0 radical (unpaired) electrons. The second-order valence-electron chi connectivity index (χ2n) is 2.92. The molecule has 0 atom stereocenters. The fourth-order valence-corrected chi connectivity index (χ4v) is 1.82. The van der Waals surface area contributed by atoms with Crippen molar-refractivity contribution in [3.63, 3.8) is 0 Å². The van der Waals surface area contributed by atoms with E-state index in [1.807, 2.05) is 6.92 Å². The highest BCUT2D eigenvalue weighted by Crippen LogP contribution is 2.12. The highest BCUT2D eigenvalue weighted by molar-refractivity contribution is 7.90. The van der Waals surface area contributed by atoms with E-state index in [2.05, 4.69) is 9.13 Å². The molecule has 0 saturated heterocycles. The summed E-state index contributed by atoms with van der Waals surface area (Å²) >= 11 is 0. The number of benzene rings is 1. The molecular formula is C9H12N2O3S. The lowest BCUT2D eigenvalue weighted by Crippen LogP contribution is -2.16. The van der Waals surface area contributed by atoms with E-state index in [0.29, 0.717) is 0 Å². The topological polar surface area (TPSA) is 81.8 Å². The smallest absolute Gasteiger partial charge is 0.297 e. The summed E-state index contributed by atoms with van der Waals surface area (Å²) in [5.74, 6) is 0. The van der Waals surface area contributed by atoms with Crippen molar-refractivity contribution in [2.75, 3.05) is 7.11 Å². The highest BCUT2D eigenvalue weighted by Gasteiger charge is 2.13. The lowest BCUT2D eigenvalue weighted by atomic mass is 10.2. The number of rotatable bonds is 2. The average Bonchev–Trinajstić information content (AvgIpc) is 2.17. The standard InChI is InChI=1S/C9H12N2O3S/c1-7-3-5-8(6-4-7)15(12,13)11-9(10)14-2/h3-6H,1-2H3,(H2,10,11). The Hall–Kier alpha value is -1.56. The quantitative estimate of drug-likeness (QED) is 0.595. The van der Waals surface area contributed by atoms with Gasteiger partial charge in [0.15, 0.2) is 0 Å². The predicted octanol–water partition coefficient (Wildman–Crippen LogP) is 0.645. The van der Waals surface area contributed by atoms with Crippen LogP contribution < -0.4 is 5.73 Å². The SMILES string of the molecule is CO/C(N)=N/S(=O)(=O)c1ccc(C)cc1.